The number of benzene rings is 1. The Kier molecular flexibility index (Phi) is 4.09. The van der Waals surface area contributed by atoms with E-state index in [-0.39, 0.29) is 17.4 Å². The Balaban J connectivity index is 2.51. The fraction of sp³-hybridized carbons (Fsp3) is 0.462. The molecule has 1 saturated heterocycles. The highest BCUT2D eigenvalue weighted by molar-refractivity contribution is 7.89. The quantitative estimate of drug-likeness (QED) is 0.894. The number of nitriles is 1. The van der Waals surface area contributed by atoms with Crippen molar-refractivity contribution in [2.24, 2.45) is 11.7 Å². The average Bonchev–Trinajstić information content (AvgIpc) is 2.41. The van der Waals surface area contributed by atoms with Crippen molar-refractivity contribution in [3.8, 4) is 6.07 Å². The smallest absolute Gasteiger partial charge is 0.245 e. The van der Waals surface area contributed by atoms with E-state index in [2.05, 4.69) is 0 Å². The summed E-state index contributed by atoms with van der Waals surface area (Å²) < 4.78 is 40.0. The lowest BCUT2D eigenvalue weighted by atomic mass is 9.99. The van der Waals surface area contributed by atoms with E-state index in [1.54, 1.807) is 6.07 Å². The molecule has 0 radical (unpaired) electrons. The molecule has 20 heavy (non-hydrogen) atoms. The molecule has 0 aromatic heterocycles. The molecule has 1 aromatic carbocycles. The van der Waals surface area contributed by atoms with Crippen molar-refractivity contribution in [1.82, 2.24) is 4.31 Å². The number of nitrogens with zero attached hydrogens (tertiary/aromatic N) is 2. The third-order valence-corrected chi connectivity index (χ3v) is 5.57. The summed E-state index contributed by atoms with van der Waals surface area (Å²) in [5, 5.41) is 8.97. The van der Waals surface area contributed by atoms with E-state index in [9.17, 15) is 12.8 Å². The van der Waals surface area contributed by atoms with Crippen LogP contribution in [0.25, 0.3) is 0 Å². The SMILES string of the molecule is CC1CCCN(S(=O)(=O)c2cccc(F)c2C#N)C1N. The van der Waals surface area contributed by atoms with Crippen molar-refractivity contribution in [2.45, 2.75) is 30.8 Å². The number of hydrogen-bond donors (Lipinski definition) is 1. The molecule has 2 atom stereocenters. The Morgan fingerprint density at radius 2 is 2.20 bits per heavy atom. The second-order valence-corrected chi connectivity index (χ2v) is 6.81. The van der Waals surface area contributed by atoms with E-state index in [4.69, 9.17) is 11.0 Å². The molecule has 0 amide bonds. The van der Waals surface area contributed by atoms with Gasteiger partial charge >= 0.3 is 0 Å². The van der Waals surface area contributed by atoms with Crippen molar-refractivity contribution in [3.05, 3.63) is 29.6 Å². The minimum atomic E-state index is -3.96. The predicted octanol–water partition coefficient (Wildman–Crippen LogP) is 1.40. The van der Waals surface area contributed by atoms with Gasteiger partial charge in [-0.15, -0.1) is 0 Å². The van der Waals surface area contributed by atoms with Gasteiger partial charge in [-0.1, -0.05) is 13.0 Å². The summed E-state index contributed by atoms with van der Waals surface area (Å²) in [5.74, 6) is -0.815. The lowest BCUT2D eigenvalue weighted by molar-refractivity contribution is 0.192. The number of nitrogens with two attached hydrogens (primary N) is 1. The number of sulfonamides is 1. The van der Waals surface area contributed by atoms with Crippen LogP contribution in [0.3, 0.4) is 0 Å². The molecule has 2 unspecified atom stereocenters. The zero-order valence-electron chi connectivity index (χ0n) is 11.1. The number of hydrogen-bond acceptors (Lipinski definition) is 4. The van der Waals surface area contributed by atoms with Gasteiger partial charge in [-0.3, -0.25) is 0 Å². The predicted molar refractivity (Wildman–Crippen MR) is 71.4 cm³/mol. The first kappa shape index (κ1) is 14.9. The van der Waals surface area contributed by atoms with E-state index in [1.807, 2.05) is 6.92 Å². The number of halogens is 1. The topological polar surface area (TPSA) is 87.2 Å². The summed E-state index contributed by atoms with van der Waals surface area (Å²) in [5.41, 5.74) is 5.49. The largest absolute Gasteiger partial charge is 0.315 e. The van der Waals surface area contributed by atoms with Crippen molar-refractivity contribution in [2.75, 3.05) is 6.54 Å². The first-order valence-corrected chi connectivity index (χ1v) is 7.79. The summed E-state index contributed by atoms with van der Waals surface area (Å²) >= 11 is 0. The van der Waals surface area contributed by atoms with Gasteiger partial charge in [0.25, 0.3) is 0 Å². The van der Waals surface area contributed by atoms with Gasteiger partial charge in [0.1, 0.15) is 22.3 Å². The van der Waals surface area contributed by atoms with Crippen LogP contribution in [0.4, 0.5) is 4.39 Å². The Morgan fingerprint density at radius 3 is 2.85 bits per heavy atom. The molecule has 1 heterocycles. The molecule has 2 rings (SSSR count). The first-order valence-electron chi connectivity index (χ1n) is 6.35. The van der Waals surface area contributed by atoms with Crippen molar-refractivity contribution in [1.29, 1.82) is 5.26 Å². The van der Waals surface area contributed by atoms with E-state index in [0.29, 0.717) is 6.42 Å². The van der Waals surface area contributed by atoms with Gasteiger partial charge < -0.3 is 5.73 Å². The van der Waals surface area contributed by atoms with Crippen LogP contribution in [0.2, 0.25) is 0 Å². The summed E-state index contributed by atoms with van der Waals surface area (Å²) in [6.07, 6.45) is 0.899. The minimum absolute atomic E-state index is 0.0256. The summed E-state index contributed by atoms with van der Waals surface area (Å²) in [6, 6.07) is 5.20. The minimum Gasteiger partial charge on any atom is -0.315 e. The third kappa shape index (κ3) is 2.42. The Hall–Kier alpha value is -1.49. The van der Waals surface area contributed by atoms with E-state index in [0.717, 1.165) is 16.8 Å². The Labute approximate surface area is 117 Å². The van der Waals surface area contributed by atoms with Gasteiger partial charge in [-0.05, 0) is 30.9 Å². The van der Waals surface area contributed by atoms with Crippen LogP contribution >= 0.6 is 0 Å². The monoisotopic (exact) mass is 297 g/mol. The van der Waals surface area contributed by atoms with Gasteiger partial charge in [-0.2, -0.15) is 9.57 Å². The second kappa shape index (κ2) is 5.48. The fourth-order valence-electron chi connectivity index (χ4n) is 2.41. The average molecular weight is 297 g/mol. The van der Waals surface area contributed by atoms with Gasteiger partial charge in [0.15, 0.2) is 0 Å². The molecule has 108 valence electrons. The number of piperidine rings is 1. The van der Waals surface area contributed by atoms with Gasteiger partial charge in [0, 0.05) is 6.54 Å². The maximum Gasteiger partial charge on any atom is 0.245 e. The molecular formula is C13H16FN3O2S. The molecule has 0 aliphatic carbocycles. The van der Waals surface area contributed by atoms with E-state index >= 15 is 0 Å². The summed E-state index contributed by atoms with van der Waals surface area (Å²) in [4.78, 5) is -0.315. The first-order chi connectivity index (χ1) is 9.39. The third-order valence-electron chi connectivity index (χ3n) is 3.63. The van der Waals surface area contributed by atoms with Crippen LogP contribution < -0.4 is 5.73 Å². The lowest BCUT2D eigenvalue weighted by Crippen LogP contribution is -2.52. The Morgan fingerprint density at radius 1 is 1.50 bits per heavy atom. The van der Waals surface area contributed by atoms with Crippen LogP contribution in [0.15, 0.2) is 23.1 Å². The second-order valence-electron chi connectivity index (χ2n) is 4.95. The molecule has 1 fully saturated rings. The lowest BCUT2D eigenvalue weighted by Gasteiger charge is -2.36. The van der Waals surface area contributed by atoms with Crippen LogP contribution in [-0.2, 0) is 10.0 Å². The van der Waals surface area contributed by atoms with Crippen LogP contribution in [0.5, 0.6) is 0 Å². The van der Waals surface area contributed by atoms with Gasteiger partial charge in [0.05, 0.1) is 6.17 Å². The van der Waals surface area contributed by atoms with Crippen molar-refractivity contribution >= 4 is 10.0 Å². The maximum absolute atomic E-state index is 13.6. The highest BCUT2D eigenvalue weighted by atomic mass is 32.2. The van der Waals surface area contributed by atoms with E-state index < -0.39 is 27.6 Å². The highest BCUT2D eigenvalue weighted by Gasteiger charge is 2.36. The molecule has 5 nitrogen and oxygen atoms in total. The number of rotatable bonds is 2. The Bertz CT molecular complexity index is 654. The summed E-state index contributed by atoms with van der Waals surface area (Å²) in [7, 11) is -3.96. The van der Waals surface area contributed by atoms with Gasteiger partial charge in [0.2, 0.25) is 10.0 Å². The molecule has 0 bridgehead atoms. The van der Waals surface area contributed by atoms with Gasteiger partial charge in [-0.25, -0.2) is 12.8 Å². The molecular weight excluding hydrogens is 281 g/mol. The van der Waals surface area contributed by atoms with Crippen LogP contribution in [-0.4, -0.2) is 25.4 Å². The normalized spacial score (nSPS) is 24.3. The van der Waals surface area contributed by atoms with Crippen LogP contribution in [0, 0.1) is 23.1 Å². The maximum atomic E-state index is 13.6. The van der Waals surface area contributed by atoms with Crippen molar-refractivity contribution < 1.29 is 12.8 Å². The zero-order chi connectivity index (χ0) is 14.9. The standard InChI is InChI=1S/C13H16FN3O2S/c1-9-4-3-7-17(13(9)16)20(18,19)12-6-2-5-11(14)10(12)8-15/h2,5-6,9,13H,3-4,7,16H2,1H3. The summed E-state index contributed by atoms with van der Waals surface area (Å²) in [6.45, 7) is 2.17. The molecule has 2 N–H and O–H groups in total. The molecule has 7 heteroatoms. The highest BCUT2D eigenvalue weighted by Crippen LogP contribution is 2.28. The molecule has 0 spiro atoms. The van der Waals surface area contributed by atoms with E-state index in [1.165, 1.54) is 12.1 Å². The molecule has 0 saturated carbocycles. The molecule has 1 aliphatic heterocycles. The van der Waals surface area contributed by atoms with Crippen molar-refractivity contribution in [3.63, 3.8) is 0 Å². The molecule has 1 aliphatic rings. The molecule has 1 aromatic rings. The zero-order valence-corrected chi connectivity index (χ0v) is 11.9. The van der Waals surface area contributed by atoms with Crippen LogP contribution in [0.1, 0.15) is 25.3 Å². The fourth-order valence-corrected chi connectivity index (χ4v) is 4.21.